The number of nitrogens with two attached hydrogens (primary N) is 1. The third-order valence-electron chi connectivity index (χ3n) is 6.67. The zero-order chi connectivity index (χ0) is 27.7. The quantitative estimate of drug-likeness (QED) is 0.301. The van der Waals surface area contributed by atoms with Gasteiger partial charge in [0.05, 0.1) is 7.11 Å². The highest BCUT2D eigenvalue weighted by atomic mass is 32.2. The number of anilines is 1. The Kier molecular flexibility index (Phi) is 7.85. The van der Waals surface area contributed by atoms with Crippen molar-refractivity contribution in [2.45, 2.75) is 30.4 Å². The average molecular weight is 577 g/mol. The van der Waals surface area contributed by atoms with E-state index >= 15 is 4.39 Å². The van der Waals surface area contributed by atoms with Gasteiger partial charge in [-0.3, -0.25) is 9.74 Å². The fourth-order valence-corrected chi connectivity index (χ4v) is 7.20. The number of rotatable bonds is 7. The number of urea groups is 1. The summed E-state index contributed by atoms with van der Waals surface area (Å²) in [5.74, 6) is -1.19. The van der Waals surface area contributed by atoms with Crippen molar-refractivity contribution in [2.75, 3.05) is 32.3 Å². The highest BCUT2D eigenvalue weighted by Crippen LogP contribution is 2.53. The van der Waals surface area contributed by atoms with Crippen LogP contribution in [0.5, 0.6) is 0 Å². The largest absolute Gasteiger partial charge is 0.346 e. The van der Waals surface area contributed by atoms with Gasteiger partial charge in [-0.15, -0.1) is 0 Å². The van der Waals surface area contributed by atoms with E-state index in [0.29, 0.717) is 35.8 Å². The molecule has 13 heteroatoms. The molecule has 2 aliphatic heterocycles. The first-order valence-corrected chi connectivity index (χ1v) is 13.9. The van der Waals surface area contributed by atoms with Crippen LogP contribution in [0.3, 0.4) is 0 Å². The van der Waals surface area contributed by atoms with Crippen LogP contribution in [0.2, 0.25) is 0 Å². The number of amides is 2. The smallest absolute Gasteiger partial charge is 0.330 e. The van der Waals surface area contributed by atoms with E-state index in [1.54, 1.807) is 5.01 Å². The van der Waals surface area contributed by atoms with Gasteiger partial charge in [0.2, 0.25) is 11.4 Å². The maximum atomic E-state index is 15.6. The van der Waals surface area contributed by atoms with Crippen LogP contribution in [0.4, 0.5) is 23.1 Å². The Morgan fingerprint density at radius 1 is 1.26 bits per heavy atom. The first-order valence-electron chi connectivity index (χ1n) is 12.3. The summed E-state index contributed by atoms with van der Waals surface area (Å²) in [7, 11) is 2.74. The molecule has 206 valence electrons. The van der Waals surface area contributed by atoms with Gasteiger partial charge in [-0.25, -0.2) is 33.0 Å². The number of carbonyl (C=O) groups excluding carboxylic acids is 1. The first kappa shape index (κ1) is 27.4. The van der Waals surface area contributed by atoms with Gasteiger partial charge in [-0.2, -0.15) is 5.10 Å². The van der Waals surface area contributed by atoms with Crippen molar-refractivity contribution < 1.29 is 22.8 Å². The number of carbonyl (C=O) groups is 1. The van der Waals surface area contributed by atoms with Gasteiger partial charge in [0, 0.05) is 30.5 Å². The predicted molar refractivity (Wildman–Crippen MR) is 146 cm³/mol. The van der Waals surface area contributed by atoms with Gasteiger partial charge in [0.1, 0.15) is 27.2 Å². The number of alkyl halides is 1. The average Bonchev–Trinajstić information content (AvgIpc) is 3.56. The second kappa shape index (κ2) is 11.2. The lowest BCUT2D eigenvalue weighted by molar-refractivity contribution is -0.0858. The summed E-state index contributed by atoms with van der Waals surface area (Å²) in [6, 6.07) is 12.1. The zero-order valence-corrected chi connectivity index (χ0v) is 22.9. The molecule has 5 rings (SSSR count). The number of aromatic nitrogens is 1. The van der Waals surface area contributed by atoms with Gasteiger partial charge in [-0.1, -0.05) is 53.4 Å². The Labute approximate surface area is 232 Å². The molecule has 0 spiro atoms. The number of thiazole rings is 1. The van der Waals surface area contributed by atoms with E-state index in [1.807, 2.05) is 30.3 Å². The molecule has 2 amide bonds. The van der Waals surface area contributed by atoms with Gasteiger partial charge < -0.3 is 5.73 Å². The highest BCUT2D eigenvalue weighted by Gasteiger charge is 2.48. The molecule has 2 aliphatic rings. The van der Waals surface area contributed by atoms with Crippen LogP contribution in [-0.4, -0.2) is 53.3 Å². The molecule has 8 nitrogen and oxygen atoms in total. The number of thioether (sulfide) groups is 1. The summed E-state index contributed by atoms with van der Waals surface area (Å²) in [6.07, 6.45) is -0.267. The molecular formula is C26H27F3N6O2S2. The van der Waals surface area contributed by atoms with Crippen molar-refractivity contribution in [3.63, 3.8) is 0 Å². The van der Waals surface area contributed by atoms with Gasteiger partial charge in [0.25, 0.3) is 0 Å². The van der Waals surface area contributed by atoms with Crippen LogP contribution < -0.4 is 10.7 Å². The van der Waals surface area contributed by atoms with Crippen LogP contribution in [0.25, 0.3) is 0 Å². The molecule has 0 radical (unpaired) electrons. The molecule has 0 bridgehead atoms. The van der Waals surface area contributed by atoms with Crippen LogP contribution >= 0.6 is 23.1 Å². The number of halogens is 3. The molecule has 2 aromatic carbocycles. The minimum Gasteiger partial charge on any atom is -0.330 e. The van der Waals surface area contributed by atoms with E-state index in [9.17, 15) is 13.6 Å². The fourth-order valence-electron chi connectivity index (χ4n) is 4.63. The summed E-state index contributed by atoms with van der Waals surface area (Å²) in [5.41, 5.74) is 6.93. The normalized spacial score (nSPS) is 20.7. The number of hydroxylamine groups is 2. The summed E-state index contributed by atoms with van der Waals surface area (Å²) in [5, 5.41) is 8.05. The predicted octanol–water partition coefficient (Wildman–Crippen LogP) is 5.37. The molecule has 3 heterocycles. The Balaban J connectivity index is 1.62. The lowest BCUT2D eigenvalue weighted by atomic mass is 10.0. The van der Waals surface area contributed by atoms with Gasteiger partial charge >= 0.3 is 6.03 Å². The van der Waals surface area contributed by atoms with Crippen LogP contribution in [0, 0.1) is 11.6 Å². The van der Waals surface area contributed by atoms with E-state index in [2.05, 4.69) is 4.98 Å². The second-order valence-corrected chi connectivity index (χ2v) is 11.4. The summed E-state index contributed by atoms with van der Waals surface area (Å²) < 4.78 is 44.7. The zero-order valence-electron chi connectivity index (χ0n) is 21.3. The first-order chi connectivity index (χ1) is 18.8. The van der Waals surface area contributed by atoms with Crippen LogP contribution in [0.1, 0.15) is 40.8 Å². The Morgan fingerprint density at radius 3 is 2.74 bits per heavy atom. The van der Waals surface area contributed by atoms with Crippen LogP contribution in [-0.2, 0) is 16.1 Å². The van der Waals surface area contributed by atoms with Crippen molar-refractivity contribution in [2.24, 2.45) is 10.8 Å². The number of nitrogens with zero attached hydrogens (tertiary/aromatic N) is 5. The minimum absolute atomic E-state index is 0.0274. The molecule has 2 N–H and O–H groups in total. The van der Waals surface area contributed by atoms with Crippen molar-refractivity contribution >= 4 is 39.3 Å². The lowest BCUT2D eigenvalue weighted by Crippen LogP contribution is -2.44. The number of benzene rings is 2. The Bertz CT molecular complexity index is 1390. The van der Waals surface area contributed by atoms with Crippen molar-refractivity contribution in [1.82, 2.24) is 14.9 Å². The number of hydrogen-bond acceptors (Lipinski definition) is 8. The molecule has 0 saturated heterocycles. The molecule has 0 aliphatic carbocycles. The summed E-state index contributed by atoms with van der Waals surface area (Å²) >= 11 is 2.56. The summed E-state index contributed by atoms with van der Waals surface area (Å²) in [4.78, 5) is 23.0. The molecule has 3 aromatic rings. The van der Waals surface area contributed by atoms with E-state index in [4.69, 9.17) is 15.7 Å². The minimum atomic E-state index is -1.78. The molecule has 39 heavy (non-hydrogen) atoms. The number of fused-ring (bicyclic) bond motifs is 1. The third-order valence-corrected chi connectivity index (χ3v) is 9.22. The third kappa shape index (κ3) is 4.99. The van der Waals surface area contributed by atoms with E-state index in [-0.39, 0.29) is 22.8 Å². The molecule has 0 saturated carbocycles. The van der Waals surface area contributed by atoms with Gasteiger partial charge in [0.15, 0.2) is 0 Å². The standard InChI is InChI=1S/C26H27F3N6O2S2/c1-33(37-2)25(36)34-14-11-20-21(22(34)29)31-24(38-20)35-26(12-6-13-30,16-7-4-3-5-8-16)39-23(32-35)18-15-17(27)9-10-19(18)28/h3-5,7-10,15,22H,6,11-14,30H2,1-2H3. The number of hydrazone groups is 1. The van der Waals surface area contributed by atoms with Crippen molar-refractivity contribution in [1.29, 1.82) is 0 Å². The van der Waals surface area contributed by atoms with Crippen LogP contribution in [0.15, 0.2) is 53.6 Å². The van der Waals surface area contributed by atoms with E-state index < -0.39 is 28.8 Å². The lowest BCUT2D eigenvalue weighted by Gasteiger charge is -2.35. The fraction of sp³-hybridized carbons (Fsp3) is 0.346. The Morgan fingerprint density at radius 2 is 2.03 bits per heavy atom. The van der Waals surface area contributed by atoms with E-state index in [0.717, 1.165) is 33.7 Å². The molecular weight excluding hydrogens is 549 g/mol. The molecule has 1 aromatic heterocycles. The molecule has 2 unspecified atom stereocenters. The Hall–Kier alpha value is -3.13. The van der Waals surface area contributed by atoms with E-state index in [1.165, 1.54) is 37.3 Å². The SMILES string of the molecule is CON(C)C(=O)N1CCc2sc(N3N=C(c4cc(F)ccc4F)SC3(CCCN)c3ccccc3)nc2C1F. The van der Waals surface area contributed by atoms with Gasteiger partial charge in [-0.05, 0) is 43.1 Å². The number of hydrogen-bond donors (Lipinski definition) is 1. The van der Waals surface area contributed by atoms with Crippen molar-refractivity contribution in [3.05, 3.63) is 81.9 Å². The highest BCUT2D eigenvalue weighted by molar-refractivity contribution is 8.15. The maximum absolute atomic E-state index is 15.6. The monoisotopic (exact) mass is 576 g/mol. The maximum Gasteiger partial charge on any atom is 0.346 e. The molecule has 2 atom stereocenters. The second-order valence-electron chi connectivity index (χ2n) is 9.03. The topological polar surface area (TPSA) is 87.3 Å². The molecule has 0 fully saturated rings. The summed E-state index contributed by atoms with van der Waals surface area (Å²) in [6.45, 7) is 0.550. The van der Waals surface area contributed by atoms with Crippen molar-refractivity contribution in [3.8, 4) is 0 Å².